The molecule has 1 aliphatic rings. The van der Waals surface area contributed by atoms with Crippen LogP contribution in [0.3, 0.4) is 0 Å². The van der Waals surface area contributed by atoms with Crippen LogP contribution in [0.4, 0.5) is 0 Å². The maximum atomic E-state index is 6.63. The van der Waals surface area contributed by atoms with E-state index < -0.39 is 0 Å². The molecule has 0 N–H and O–H groups in total. The van der Waals surface area contributed by atoms with E-state index in [0.717, 1.165) is 27.9 Å². The molecule has 0 fully saturated rings. The number of furan rings is 1. The highest BCUT2D eigenvalue weighted by Crippen LogP contribution is 2.53. The first-order chi connectivity index (χ1) is 32.5. The van der Waals surface area contributed by atoms with Gasteiger partial charge in [0.15, 0.2) is 0 Å². The van der Waals surface area contributed by atoms with Gasteiger partial charge in [0, 0.05) is 54.7 Å². The van der Waals surface area contributed by atoms with E-state index in [-0.39, 0.29) is 5.41 Å². The number of benzene rings is 10. The summed E-state index contributed by atoms with van der Waals surface area (Å²) in [5, 5.41) is 7.29. The van der Waals surface area contributed by atoms with Crippen molar-refractivity contribution in [2.45, 2.75) is 19.3 Å². The second kappa shape index (κ2) is 13.8. The van der Waals surface area contributed by atoms with E-state index in [2.05, 4.69) is 241 Å². The lowest BCUT2D eigenvalue weighted by Crippen LogP contribution is -2.15. The molecule has 0 saturated carbocycles. The predicted molar refractivity (Wildman–Crippen MR) is 276 cm³/mol. The molecular weight excluding hydrogens is 801 g/mol. The highest BCUT2D eigenvalue weighted by atomic mass is 16.3. The molecule has 1 aliphatic carbocycles. The van der Waals surface area contributed by atoms with E-state index in [4.69, 9.17) is 4.42 Å². The summed E-state index contributed by atoms with van der Waals surface area (Å²) in [6.07, 6.45) is 0. The summed E-state index contributed by atoms with van der Waals surface area (Å²) in [6.45, 7) is 4.71. The normalized spacial score (nSPS) is 13.1. The molecule has 3 nitrogen and oxygen atoms in total. The lowest BCUT2D eigenvalue weighted by molar-refractivity contribution is 0.653. The van der Waals surface area contributed by atoms with Crippen LogP contribution in [0.15, 0.2) is 223 Å². The zero-order valence-electron chi connectivity index (χ0n) is 36.6. The minimum Gasteiger partial charge on any atom is -0.455 e. The van der Waals surface area contributed by atoms with Crippen LogP contribution in [0.2, 0.25) is 0 Å². The lowest BCUT2D eigenvalue weighted by Gasteiger charge is -2.22. The first-order valence-electron chi connectivity index (χ1n) is 22.9. The van der Waals surface area contributed by atoms with Gasteiger partial charge in [0.05, 0.1) is 22.1 Å². The fraction of sp³-hybridized carbons (Fsp3) is 0.0476. The Morgan fingerprint density at radius 3 is 1.62 bits per heavy atom. The van der Waals surface area contributed by atoms with Crippen molar-refractivity contribution in [3.05, 3.63) is 230 Å². The van der Waals surface area contributed by atoms with Crippen LogP contribution in [0.1, 0.15) is 25.0 Å². The van der Waals surface area contributed by atoms with Crippen LogP contribution in [-0.2, 0) is 5.41 Å². The quantitative estimate of drug-likeness (QED) is 0.169. The lowest BCUT2D eigenvalue weighted by atomic mass is 9.82. The van der Waals surface area contributed by atoms with Crippen molar-refractivity contribution >= 4 is 65.6 Å². The molecule has 0 aliphatic heterocycles. The van der Waals surface area contributed by atoms with Crippen molar-refractivity contribution < 1.29 is 4.42 Å². The Morgan fingerprint density at radius 1 is 0.333 bits per heavy atom. The smallest absolute Gasteiger partial charge is 0.143 e. The molecular formula is C63H42N2O. The minimum absolute atomic E-state index is 0.210. The molecule has 0 amide bonds. The third-order valence-corrected chi connectivity index (χ3v) is 14.5. The summed E-state index contributed by atoms with van der Waals surface area (Å²) >= 11 is 0. The minimum atomic E-state index is -0.210. The van der Waals surface area contributed by atoms with Gasteiger partial charge in [0.1, 0.15) is 11.2 Å². The average Bonchev–Trinajstić information content (AvgIpc) is 4.09. The van der Waals surface area contributed by atoms with Crippen molar-refractivity contribution in [1.29, 1.82) is 0 Å². The Balaban J connectivity index is 0.931. The highest BCUT2D eigenvalue weighted by molar-refractivity contribution is 6.14. The van der Waals surface area contributed by atoms with Gasteiger partial charge in [0.2, 0.25) is 0 Å². The summed E-state index contributed by atoms with van der Waals surface area (Å²) in [4.78, 5) is 0. The molecule has 0 saturated heterocycles. The van der Waals surface area contributed by atoms with Gasteiger partial charge < -0.3 is 13.6 Å². The van der Waals surface area contributed by atoms with Gasteiger partial charge in [-0.1, -0.05) is 166 Å². The van der Waals surface area contributed by atoms with Crippen molar-refractivity contribution in [2.75, 3.05) is 0 Å². The number of aromatic nitrogens is 2. The van der Waals surface area contributed by atoms with Crippen molar-refractivity contribution in [2.24, 2.45) is 0 Å². The van der Waals surface area contributed by atoms with Crippen LogP contribution in [0.25, 0.3) is 121 Å². The molecule has 3 heterocycles. The number of fused-ring (bicyclic) bond motifs is 13. The van der Waals surface area contributed by atoms with E-state index >= 15 is 0 Å². The number of para-hydroxylation sites is 3. The van der Waals surface area contributed by atoms with E-state index in [0.29, 0.717) is 0 Å². The van der Waals surface area contributed by atoms with Gasteiger partial charge in [-0.05, 0) is 117 Å². The molecule has 0 atom stereocenters. The summed E-state index contributed by atoms with van der Waals surface area (Å²) < 4.78 is 11.5. The first-order valence-corrected chi connectivity index (χ1v) is 22.9. The largest absolute Gasteiger partial charge is 0.455 e. The number of nitrogens with zero attached hydrogens (tertiary/aromatic N) is 2. The molecule has 0 radical (unpaired) electrons. The molecule has 0 unspecified atom stereocenters. The average molecular weight is 843 g/mol. The molecule has 0 bridgehead atoms. The number of hydrogen-bond donors (Lipinski definition) is 0. The van der Waals surface area contributed by atoms with Crippen LogP contribution in [0, 0.1) is 0 Å². The third kappa shape index (κ3) is 5.31. The highest BCUT2D eigenvalue weighted by Gasteiger charge is 2.38. The zero-order chi connectivity index (χ0) is 43.7. The van der Waals surface area contributed by atoms with Crippen molar-refractivity contribution in [3.8, 4) is 55.9 Å². The fourth-order valence-corrected chi connectivity index (χ4v) is 11.3. The van der Waals surface area contributed by atoms with Gasteiger partial charge in [-0.3, -0.25) is 0 Å². The molecule has 3 aromatic heterocycles. The van der Waals surface area contributed by atoms with Crippen molar-refractivity contribution in [3.63, 3.8) is 0 Å². The molecule has 66 heavy (non-hydrogen) atoms. The van der Waals surface area contributed by atoms with Gasteiger partial charge in [-0.25, -0.2) is 0 Å². The maximum Gasteiger partial charge on any atom is 0.143 e. The van der Waals surface area contributed by atoms with E-state index in [9.17, 15) is 0 Å². The van der Waals surface area contributed by atoms with Crippen LogP contribution >= 0.6 is 0 Å². The number of hydrogen-bond acceptors (Lipinski definition) is 1. The van der Waals surface area contributed by atoms with Gasteiger partial charge in [-0.2, -0.15) is 0 Å². The fourth-order valence-electron chi connectivity index (χ4n) is 11.3. The Labute approximate surface area is 382 Å². The van der Waals surface area contributed by atoms with Gasteiger partial charge in [0.25, 0.3) is 0 Å². The third-order valence-electron chi connectivity index (χ3n) is 14.5. The molecule has 13 aromatic rings. The Morgan fingerprint density at radius 2 is 0.894 bits per heavy atom. The topological polar surface area (TPSA) is 23.0 Å². The zero-order valence-corrected chi connectivity index (χ0v) is 36.6. The SMILES string of the molecule is CC1(C)c2cc(-n3c4ccccc4c4ccc(-c5ccc6c(c5)c5ccccc5n6-c5cc(-c6ccccc6)cc(-c6ccccc6)c5)cc43)ccc2-c2c1ccc1c2oc2ccccc21. The van der Waals surface area contributed by atoms with Crippen molar-refractivity contribution in [1.82, 2.24) is 9.13 Å². The predicted octanol–water partition coefficient (Wildman–Crippen LogP) is 17.1. The Kier molecular flexibility index (Phi) is 7.74. The standard InChI is InChI=1S/C63H42N2O/c1-63(2)54-31-30-51-50-21-11-14-24-60(50)66-62(51)61(54)52-29-27-45(38-55(52)63)64-56-22-12-9-19-47(56)49-28-25-42(37-59(49)64)41-26-32-58-53(36-41)48-20-10-13-23-57(48)65(58)46-34-43(39-15-5-3-6-16-39)33-44(35-46)40-17-7-4-8-18-40/h3-38H,1-2H3. The Hall–Kier alpha value is -8.40. The van der Waals surface area contributed by atoms with Gasteiger partial charge >= 0.3 is 0 Å². The number of rotatable bonds is 5. The molecule has 3 heteroatoms. The monoisotopic (exact) mass is 842 g/mol. The first kappa shape index (κ1) is 37.0. The molecule has 0 spiro atoms. The summed E-state index contributed by atoms with van der Waals surface area (Å²) in [5.41, 5.74) is 21.0. The van der Waals surface area contributed by atoms with E-state index in [1.165, 1.54) is 105 Å². The van der Waals surface area contributed by atoms with Crippen LogP contribution in [-0.4, -0.2) is 9.13 Å². The van der Waals surface area contributed by atoms with E-state index in [1.54, 1.807) is 0 Å². The van der Waals surface area contributed by atoms with E-state index in [1.807, 2.05) is 0 Å². The van der Waals surface area contributed by atoms with Gasteiger partial charge in [-0.15, -0.1) is 0 Å². The second-order valence-corrected chi connectivity index (χ2v) is 18.5. The maximum absolute atomic E-state index is 6.63. The molecule has 310 valence electrons. The summed E-state index contributed by atoms with van der Waals surface area (Å²) in [7, 11) is 0. The molecule has 10 aromatic carbocycles. The summed E-state index contributed by atoms with van der Waals surface area (Å²) in [5.74, 6) is 0. The van der Waals surface area contributed by atoms with Crippen LogP contribution in [0.5, 0.6) is 0 Å². The Bertz CT molecular complexity index is 4070. The second-order valence-electron chi connectivity index (χ2n) is 18.5. The summed E-state index contributed by atoms with van der Waals surface area (Å²) in [6, 6.07) is 80.2. The van der Waals surface area contributed by atoms with Crippen LogP contribution < -0.4 is 0 Å². The molecule has 14 rings (SSSR count).